The third kappa shape index (κ3) is 3.04. The number of benzene rings is 2. The van der Waals surface area contributed by atoms with Crippen molar-refractivity contribution in [1.82, 2.24) is 0 Å². The van der Waals surface area contributed by atoms with Gasteiger partial charge in [-0.3, -0.25) is 0 Å². The van der Waals surface area contributed by atoms with Gasteiger partial charge in [0.25, 0.3) is 0 Å². The molecule has 0 saturated carbocycles. The van der Waals surface area contributed by atoms with Gasteiger partial charge in [-0.1, -0.05) is 18.2 Å². The first-order chi connectivity index (χ1) is 9.28. The molecule has 106 valence electrons. The molecular formula is C13H6F6O. The summed E-state index contributed by atoms with van der Waals surface area (Å²) < 4.78 is 80.2. The van der Waals surface area contributed by atoms with Gasteiger partial charge in [-0.2, -0.15) is 0 Å². The monoisotopic (exact) mass is 292 g/mol. The van der Waals surface area contributed by atoms with Gasteiger partial charge < -0.3 is 4.74 Å². The SMILES string of the molecule is Fc1cc(F)c(F)c(-c2ccccc2OC(F)(F)F)c1. The molecule has 0 radical (unpaired) electrons. The first kappa shape index (κ1) is 14.2. The Hall–Kier alpha value is -2.18. The number of ether oxygens (including phenoxy) is 1. The molecule has 0 heterocycles. The highest BCUT2D eigenvalue weighted by Gasteiger charge is 2.32. The van der Waals surface area contributed by atoms with Gasteiger partial charge in [0, 0.05) is 17.2 Å². The molecular weight excluding hydrogens is 286 g/mol. The van der Waals surface area contributed by atoms with E-state index in [1.807, 2.05) is 0 Å². The highest BCUT2D eigenvalue weighted by Crippen LogP contribution is 2.35. The first-order valence-electron chi connectivity index (χ1n) is 5.27. The summed E-state index contributed by atoms with van der Waals surface area (Å²) in [5, 5.41) is 0. The zero-order chi connectivity index (χ0) is 14.9. The summed E-state index contributed by atoms with van der Waals surface area (Å²) in [5.74, 6) is -4.81. The van der Waals surface area contributed by atoms with Crippen LogP contribution in [0, 0.1) is 17.5 Å². The molecule has 0 fully saturated rings. The van der Waals surface area contributed by atoms with Crippen molar-refractivity contribution in [3.8, 4) is 16.9 Å². The quantitative estimate of drug-likeness (QED) is 0.577. The van der Waals surface area contributed by atoms with Gasteiger partial charge in [-0.15, -0.1) is 13.2 Å². The zero-order valence-corrected chi connectivity index (χ0v) is 9.64. The molecule has 0 aliphatic rings. The molecule has 0 aromatic heterocycles. The Morgan fingerprint density at radius 2 is 1.50 bits per heavy atom. The minimum atomic E-state index is -5.00. The van der Waals surface area contributed by atoms with Crippen LogP contribution >= 0.6 is 0 Å². The van der Waals surface area contributed by atoms with Gasteiger partial charge in [0.2, 0.25) is 0 Å². The fourth-order valence-electron chi connectivity index (χ4n) is 1.65. The van der Waals surface area contributed by atoms with Crippen molar-refractivity contribution in [1.29, 1.82) is 0 Å². The van der Waals surface area contributed by atoms with E-state index in [2.05, 4.69) is 4.74 Å². The fourth-order valence-corrected chi connectivity index (χ4v) is 1.65. The lowest BCUT2D eigenvalue weighted by Crippen LogP contribution is -2.17. The molecule has 0 unspecified atom stereocenters. The number of halogens is 6. The second kappa shape index (κ2) is 5.07. The summed E-state index contributed by atoms with van der Waals surface area (Å²) in [6, 6.07) is 5.39. The van der Waals surface area contributed by atoms with E-state index in [4.69, 9.17) is 0 Å². The van der Waals surface area contributed by atoms with Gasteiger partial charge in [0.05, 0.1) is 0 Å². The molecule has 2 aromatic rings. The molecule has 0 atom stereocenters. The van der Waals surface area contributed by atoms with E-state index in [0.29, 0.717) is 12.1 Å². The molecule has 1 nitrogen and oxygen atoms in total. The van der Waals surface area contributed by atoms with Crippen LogP contribution in [0.2, 0.25) is 0 Å². The van der Waals surface area contributed by atoms with E-state index >= 15 is 0 Å². The van der Waals surface area contributed by atoms with E-state index in [1.165, 1.54) is 12.1 Å². The van der Waals surface area contributed by atoms with E-state index in [-0.39, 0.29) is 0 Å². The molecule has 0 N–H and O–H groups in total. The lowest BCUT2D eigenvalue weighted by atomic mass is 10.0. The van der Waals surface area contributed by atoms with Crippen molar-refractivity contribution >= 4 is 0 Å². The van der Waals surface area contributed by atoms with Crippen LogP contribution in [0.4, 0.5) is 26.3 Å². The van der Waals surface area contributed by atoms with Crippen LogP contribution in [0.15, 0.2) is 36.4 Å². The summed E-state index contributed by atoms with van der Waals surface area (Å²) in [5.41, 5.74) is -1.05. The molecule has 0 amide bonds. The number of hydrogen-bond donors (Lipinski definition) is 0. The summed E-state index contributed by atoms with van der Waals surface area (Å²) in [4.78, 5) is 0. The minimum absolute atomic E-state index is 0.298. The Morgan fingerprint density at radius 3 is 2.15 bits per heavy atom. The van der Waals surface area contributed by atoms with Crippen molar-refractivity contribution < 1.29 is 31.1 Å². The van der Waals surface area contributed by atoms with Crippen molar-refractivity contribution in [3.05, 3.63) is 53.8 Å². The first-order valence-corrected chi connectivity index (χ1v) is 5.27. The Labute approximate surface area is 109 Å². The average molecular weight is 292 g/mol. The van der Waals surface area contributed by atoms with Crippen molar-refractivity contribution in [2.45, 2.75) is 6.36 Å². The molecule has 2 aromatic carbocycles. The summed E-state index contributed by atoms with van der Waals surface area (Å²) >= 11 is 0. The molecule has 0 spiro atoms. The predicted octanol–water partition coefficient (Wildman–Crippen LogP) is 4.67. The summed E-state index contributed by atoms with van der Waals surface area (Å²) in [6.45, 7) is 0. The van der Waals surface area contributed by atoms with E-state index in [1.54, 1.807) is 0 Å². The second-order valence-corrected chi connectivity index (χ2v) is 3.79. The van der Waals surface area contributed by atoms with Crippen molar-refractivity contribution in [2.24, 2.45) is 0 Å². The predicted molar refractivity (Wildman–Crippen MR) is 58.4 cm³/mol. The maximum absolute atomic E-state index is 13.6. The highest BCUT2D eigenvalue weighted by molar-refractivity contribution is 5.71. The zero-order valence-electron chi connectivity index (χ0n) is 9.64. The lowest BCUT2D eigenvalue weighted by Gasteiger charge is -2.14. The van der Waals surface area contributed by atoms with Gasteiger partial charge in [0.1, 0.15) is 11.6 Å². The maximum Gasteiger partial charge on any atom is 0.573 e. The molecule has 0 bridgehead atoms. The largest absolute Gasteiger partial charge is 0.573 e. The van der Waals surface area contributed by atoms with Gasteiger partial charge in [-0.25, -0.2) is 13.2 Å². The Balaban J connectivity index is 2.59. The summed E-state index contributed by atoms with van der Waals surface area (Å²) in [7, 11) is 0. The second-order valence-electron chi connectivity index (χ2n) is 3.79. The Kier molecular flexibility index (Phi) is 3.61. The van der Waals surface area contributed by atoms with Crippen LogP contribution in [0.1, 0.15) is 0 Å². The van der Waals surface area contributed by atoms with Gasteiger partial charge >= 0.3 is 6.36 Å². The normalized spacial score (nSPS) is 11.5. The van der Waals surface area contributed by atoms with E-state index in [0.717, 1.165) is 12.1 Å². The molecule has 0 aliphatic carbocycles. The van der Waals surface area contributed by atoms with E-state index in [9.17, 15) is 26.3 Å². The third-order valence-electron chi connectivity index (χ3n) is 2.40. The molecule has 20 heavy (non-hydrogen) atoms. The topological polar surface area (TPSA) is 9.23 Å². The summed E-state index contributed by atoms with van der Waals surface area (Å²) in [6.07, 6.45) is -5.00. The molecule has 7 heteroatoms. The number of alkyl halides is 3. The van der Waals surface area contributed by atoms with Gasteiger partial charge in [0.15, 0.2) is 11.6 Å². The molecule has 0 aliphatic heterocycles. The molecule has 2 rings (SSSR count). The Bertz CT molecular complexity index is 635. The van der Waals surface area contributed by atoms with Crippen molar-refractivity contribution in [2.75, 3.05) is 0 Å². The maximum atomic E-state index is 13.6. The Morgan fingerprint density at radius 1 is 0.850 bits per heavy atom. The van der Waals surface area contributed by atoms with Crippen LogP contribution in [0.25, 0.3) is 11.1 Å². The smallest absolute Gasteiger partial charge is 0.405 e. The van der Waals surface area contributed by atoms with Crippen LogP contribution in [-0.4, -0.2) is 6.36 Å². The van der Waals surface area contributed by atoms with Crippen molar-refractivity contribution in [3.63, 3.8) is 0 Å². The van der Waals surface area contributed by atoms with Gasteiger partial charge in [-0.05, 0) is 12.1 Å². The number of para-hydroxylation sites is 1. The third-order valence-corrected chi connectivity index (χ3v) is 2.40. The highest BCUT2D eigenvalue weighted by atomic mass is 19.4. The number of rotatable bonds is 2. The van der Waals surface area contributed by atoms with Crippen LogP contribution in [0.5, 0.6) is 5.75 Å². The fraction of sp³-hybridized carbons (Fsp3) is 0.0769. The minimum Gasteiger partial charge on any atom is -0.405 e. The van der Waals surface area contributed by atoms with Crippen LogP contribution in [0.3, 0.4) is 0 Å². The average Bonchev–Trinajstić information content (AvgIpc) is 2.33. The molecule has 0 saturated heterocycles. The van der Waals surface area contributed by atoms with Crippen LogP contribution < -0.4 is 4.74 Å². The van der Waals surface area contributed by atoms with E-state index < -0.39 is 40.7 Å². The van der Waals surface area contributed by atoms with Crippen LogP contribution in [-0.2, 0) is 0 Å². The standard InChI is InChI=1S/C13H6F6O/c14-7-5-9(12(16)10(15)6-7)8-3-1-2-4-11(8)20-13(17,18)19/h1-6H. The number of hydrogen-bond acceptors (Lipinski definition) is 1. The lowest BCUT2D eigenvalue weighted by molar-refractivity contribution is -0.274.